The molecule has 0 amide bonds. The molecule has 4 rings (SSSR count). The molecular formula is C21H22F3N5O. The Morgan fingerprint density at radius 1 is 1.23 bits per heavy atom. The third kappa shape index (κ3) is 4.39. The Labute approximate surface area is 171 Å². The first-order chi connectivity index (χ1) is 14.4. The van der Waals surface area contributed by atoms with Crippen LogP contribution in [0.4, 0.5) is 24.7 Å². The summed E-state index contributed by atoms with van der Waals surface area (Å²) in [6.07, 6.45) is -0.0628. The number of rotatable bonds is 6. The summed E-state index contributed by atoms with van der Waals surface area (Å²) in [6.45, 7) is 1.23. The minimum Gasteiger partial charge on any atom is -0.368 e. The van der Waals surface area contributed by atoms with Crippen LogP contribution in [0, 0.1) is 5.92 Å². The molecule has 0 radical (unpaired) electrons. The maximum absolute atomic E-state index is 13.6. The molecule has 1 aromatic carbocycles. The van der Waals surface area contributed by atoms with Crippen LogP contribution in [0.3, 0.4) is 0 Å². The van der Waals surface area contributed by atoms with Gasteiger partial charge in [0.25, 0.3) is 0 Å². The number of carbonyl (C=O) groups is 1. The largest absolute Gasteiger partial charge is 0.415 e. The van der Waals surface area contributed by atoms with Crippen molar-refractivity contribution in [3.63, 3.8) is 0 Å². The zero-order valence-electron chi connectivity index (χ0n) is 16.2. The van der Waals surface area contributed by atoms with Crippen molar-refractivity contribution < 1.29 is 18.0 Å². The van der Waals surface area contributed by atoms with Gasteiger partial charge in [-0.15, -0.1) is 0 Å². The van der Waals surface area contributed by atoms with Crippen LogP contribution < -0.4 is 10.2 Å². The Bertz CT molecular complexity index is 1000. The van der Waals surface area contributed by atoms with Crippen molar-refractivity contribution in [1.82, 2.24) is 15.0 Å². The van der Waals surface area contributed by atoms with Crippen LogP contribution in [0.15, 0.2) is 48.9 Å². The molecule has 1 saturated heterocycles. The first-order valence-electron chi connectivity index (χ1n) is 9.86. The molecule has 158 valence electrons. The van der Waals surface area contributed by atoms with E-state index >= 15 is 0 Å². The van der Waals surface area contributed by atoms with Crippen molar-refractivity contribution >= 4 is 28.3 Å². The molecule has 2 aromatic heterocycles. The summed E-state index contributed by atoms with van der Waals surface area (Å²) in [7, 11) is 0. The number of Topliss-reactive ketones (excluding diaryl/α,β-unsaturated/α-hetero) is 1. The summed E-state index contributed by atoms with van der Waals surface area (Å²) in [5.74, 6) is -0.265. The zero-order chi connectivity index (χ0) is 21.1. The number of ketones is 1. The van der Waals surface area contributed by atoms with Gasteiger partial charge in [0.05, 0.1) is 5.39 Å². The van der Waals surface area contributed by atoms with Gasteiger partial charge in [0, 0.05) is 31.4 Å². The second-order valence-corrected chi connectivity index (χ2v) is 7.55. The minimum atomic E-state index is -4.66. The number of nitrogens with zero attached hydrogens (tertiary/aromatic N) is 3. The molecule has 1 fully saturated rings. The lowest BCUT2D eigenvalue weighted by Gasteiger charge is -2.34. The molecule has 1 aliphatic rings. The number of anilines is 2. The number of carbonyl (C=O) groups excluding carboxylic acids is 1. The van der Waals surface area contributed by atoms with E-state index in [2.05, 4.69) is 20.3 Å². The van der Waals surface area contributed by atoms with E-state index in [9.17, 15) is 18.0 Å². The van der Waals surface area contributed by atoms with Gasteiger partial charge in [-0.2, -0.15) is 13.2 Å². The third-order valence-corrected chi connectivity index (χ3v) is 5.38. The van der Waals surface area contributed by atoms with E-state index in [0.29, 0.717) is 18.6 Å². The molecule has 1 aliphatic heterocycles. The van der Waals surface area contributed by atoms with Crippen LogP contribution in [0.1, 0.15) is 19.3 Å². The third-order valence-electron chi connectivity index (χ3n) is 5.38. The SMILES string of the molecule is O=C(C[C@@H]1CCCN(c2ncnc3[nH]ccc23)C1)C(Nc1ccccc1)C(F)(F)F. The number of halogens is 3. The summed E-state index contributed by atoms with van der Waals surface area (Å²) >= 11 is 0. The van der Waals surface area contributed by atoms with E-state index in [1.54, 1.807) is 24.4 Å². The average molecular weight is 417 g/mol. The Kier molecular flexibility index (Phi) is 5.61. The molecule has 3 aromatic rings. The fraction of sp³-hybridized carbons (Fsp3) is 0.381. The quantitative estimate of drug-likeness (QED) is 0.630. The first-order valence-corrected chi connectivity index (χ1v) is 9.86. The number of nitrogens with one attached hydrogen (secondary N) is 2. The smallest absolute Gasteiger partial charge is 0.368 e. The maximum Gasteiger partial charge on any atom is 0.415 e. The molecule has 2 atom stereocenters. The van der Waals surface area contributed by atoms with Gasteiger partial charge in [-0.3, -0.25) is 4.79 Å². The van der Waals surface area contributed by atoms with Gasteiger partial charge in [-0.05, 0) is 37.0 Å². The zero-order valence-corrected chi connectivity index (χ0v) is 16.2. The minimum absolute atomic E-state index is 0.137. The standard InChI is InChI=1S/C21H22F3N5O/c22-21(23,24)18(28-15-6-2-1-3-7-15)17(30)11-14-5-4-10-29(12-14)20-16-8-9-25-19(16)26-13-27-20/h1-3,6-9,13-14,18,28H,4-5,10-12H2,(H,25,26,27)/t14-,18?/m0/s1. The van der Waals surface area contributed by atoms with Crippen molar-refractivity contribution in [3.8, 4) is 0 Å². The molecule has 6 nitrogen and oxygen atoms in total. The van der Waals surface area contributed by atoms with Crippen LogP contribution in [-0.2, 0) is 4.79 Å². The lowest BCUT2D eigenvalue weighted by atomic mass is 9.90. The Hall–Kier alpha value is -3.10. The molecule has 0 aliphatic carbocycles. The van der Waals surface area contributed by atoms with Gasteiger partial charge < -0.3 is 15.2 Å². The molecule has 2 N–H and O–H groups in total. The number of hydrogen-bond donors (Lipinski definition) is 2. The van der Waals surface area contributed by atoms with E-state index in [1.165, 1.54) is 18.5 Å². The van der Waals surface area contributed by atoms with Gasteiger partial charge in [0.2, 0.25) is 0 Å². The summed E-state index contributed by atoms with van der Waals surface area (Å²) in [5.41, 5.74) is 0.983. The second-order valence-electron chi connectivity index (χ2n) is 7.55. The van der Waals surface area contributed by atoms with Crippen molar-refractivity contribution in [2.45, 2.75) is 31.5 Å². The number of aromatic nitrogens is 3. The Morgan fingerprint density at radius 2 is 2.03 bits per heavy atom. The highest BCUT2D eigenvalue weighted by Crippen LogP contribution is 2.31. The number of alkyl halides is 3. The Balaban J connectivity index is 1.47. The number of aromatic amines is 1. The molecule has 0 saturated carbocycles. The lowest BCUT2D eigenvalue weighted by molar-refractivity contribution is -0.158. The van der Waals surface area contributed by atoms with Crippen molar-refractivity contribution in [3.05, 3.63) is 48.9 Å². The second kappa shape index (κ2) is 8.33. The van der Waals surface area contributed by atoms with Crippen molar-refractivity contribution in [2.24, 2.45) is 5.92 Å². The van der Waals surface area contributed by atoms with Crippen LogP contribution in [0.25, 0.3) is 11.0 Å². The lowest BCUT2D eigenvalue weighted by Crippen LogP contribution is -2.45. The predicted molar refractivity (Wildman–Crippen MR) is 108 cm³/mol. The van der Waals surface area contributed by atoms with Crippen molar-refractivity contribution in [1.29, 1.82) is 0 Å². The molecule has 0 bridgehead atoms. The predicted octanol–water partition coefficient (Wildman–Crippen LogP) is 4.18. The summed E-state index contributed by atoms with van der Waals surface area (Å²) < 4.78 is 40.7. The van der Waals surface area contributed by atoms with Crippen LogP contribution >= 0.6 is 0 Å². The van der Waals surface area contributed by atoms with Crippen LogP contribution in [0.2, 0.25) is 0 Å². The average Bonchev–Trinajstić information content (AvgIpc) is 3.21. The monoisotopic (exact) mass is 417 g/mol. The number of H-pyrrole nitrogens is 1. The van der Waals surface area contributed by atoms with E-state index in [0.717, 1.165) is 24.2 Å². The fourth-order valence-electron chi connectivity index (χ4n) is 3.98. The number of hydrogen-bond acceptors (Lipinski definition) is 5. The van der Waals surface area contributed by atoms with Crippen molar-refractivity contribution in [2.75, 3.05) is 23.3 Å². The molecule has 0 spiro atoms. The highest BCUT2D eigenvalue weighted by Gasteiger charge is 2.45. The maximum atomic E-state index is 13.6. The molecule has 1 unspecified atom stereocenters. The van der Waals surface area contributed by atoms with Crippen LogP contribution in [0.5, 0.6) is 0 Å². The number of para-hydroxylation sites is 1. The highest BCUT2D eigenvalue weighted by molar-refractivity contribution is 5.88. The number of benzene rings is 1. The first kappa shape index (κ1) is 20.2. The van der Waals surface area contributed by atoms with Crippen LogP contribution in [-0.4, -0.2) is 46.0 Å². The Morgan fingerprint density at radius 3 is 2.80 bits per heavy atom. The highest BCUT2D eigenvalue weighted by atomic mass is 19.4. The summed E-state index contributed by atoms with van der Waals surface area (Å²) in [5, 5.41) is 3.22. The number of piperidine rings is 1. The number of fused-ring (bicyclic) bond motifs is 1. The van der Waals surface area contributed by atoms with Gasteiger partial charge >= 0.3 is 6.18 Å². The van der Waals surface area contributed by atoms with E-state index in [4.69, 9.17) is 0 Å². The van der Waals surface area contributed by atoms with Gasteiger partial charge in [-0.1, -0.05) is 18.2 Å². The van der Waals surface area contributed by atoms with Gasteiger partial charge in [-0.25, -0.2) is 9.97 Å². The summed E-state index contributed by atoms with van der Waals surface area (Å²) in [4.78, 5) is 26.2. The molecule has 9 heteroatoms. The van der Waals surface area contributed by atoms with E-state index in [1.807, 2.05) is 11.0 Å². The van der Waals surface area contributed by atoms with Gasteiger partial charge in [0.15, 0.2) is 11.8 Å². The van der Waals surface area contributed by atoms with Gasteiger partial charge in [0.1, 0.15) is 17.8 Å². The molecule has 3 heterocycles. The fourth-order valence-corrected chi connectivity index (χ4v) is 3.98. The summed E-state index contributed by atoms with van der Waals surface area (Å²) in [6, 6.07) is 7.66. The van der Waals surface area contributed by atoms with E-state index < -0.39 is 18.0 Å². The normalized spacial score (nSPS) is 18.4. The molecular weight excluding hydrogens is 395 g/mol. The van der Waals surface area contributed by atoms with E-state index in [-0.39, 0.29) is 18.0 Å². The molecule has 30 heavy (non-hydrogen) atoms. The topological polar surface area (TPSA) is 73.9 Å².